The van der Waals surface area contributed by atoms with Gasteiger partial charge in [0.15, 0.2) is 0 Å². The summed E-state index contributed by atoms with van der Waals surface area (Å²) in [5.41, 5.74) is 1.62. The van der Waals surface area contributed by atoms with E-state index in [4.69, 9.17) is 4.42 Å². The van der Waals surface area contributed by atoms with Gasteiger partial charge in [-0.25, -0.2) is 4.98 Å². The van der Waals surface area contributed by atoms with E-state index < -0.39 is 0 Å². The zero-order chi connectivity index (χ0) is 16.7. The number of hydrogen-bond donors (Lipinski definition) is 0. The van der Waals surface area contributed by atoms with Crippen molar-refractivity contribution in [2.24, 2.45) is 5.41 Å². The quantitative estimate of drug-likeness (QED) is 0.851. The molecule has 1 atom stereocenters. The Morgan fingerprint density at radius 1 is 1.25 bits per heavy atom. The summed E-state index contributed by atoms with van der Waals surface area (Å²) in [7, 11) is 2.08. The maximum absolute atomic E-state index is 13.0. The van der Waals surface area contributed by atoms with Gasteiger partial charge >= 0.3 is 0 Å². The van der Waals surface area contributed by atoms with Gasteiger partial charge in [-0.1, -0.05) is 18.2 Å². The number of oxazole rings is 1. The van der Waals surface area contributed by atoms with Gasteiger partial charge in [0.25, 0.3) is 0 Å². The predicted octanol–water partition coefficient (Wildman–Crippen LogP) is 2.57. The lowest BCUT2D eigenvalue weighted by Gasteiger charge is -2.33. The Bertz CT molecular complexity index is 755. The largest absolute Gasteiger partial charge is 0.441 e. The molecule has 1 fully saturated rings. The van der Waals surface area contributed by atoms with Crippen LogP contribution in [0.15, 0.2) is 34.7 Å². The number of amides is 1. The van der Waals surface area contributed by atoms with Crippen molar-refractivity contribution in [2.75, 3.05) is 26.7 Å². The lowest BCUT2D eigenvalue weighted by atomic mass is 9.87. The highest BCUT2D eigenvalue weighted by molar-refractivity contribution is 5.83. The Balaban J connectivity index is 1.54. The number of nitrogens with zero attached hydrogens (tertiary/aromatic N) is 3. The Kier molecular flexibility index (Phi) is 3.68. The third-order valence-corrected chi connectivity index (χ3v) is 5.22. The van der Waals surface area contributed by atoms with E-state index in [0.717, 1.165) is 42.9 Å². The number of carbonyl (C=O) groups excluding carboxylic acids is 1. The van der Waals surface area contributed by atoms with Crippen LogP contribution in [-0.4, -0.2) is 47.4 Å². The molecule has 0 saturated carbocycles. The van der Waals surface area contributed by atoms with E-state index in [0.29, 0.717) is 19.0 Å². The fraction of sp³-hybridized carbons (Fsp3) is 0.474. The molecule has 1 saturated heterocycles. The van der Waals surface area contributed by atoms with Crippen molar-refractivity contribution >= 4 is 5.91 Å². The normalized spacial score (nSPS) is 24.2. The standard InChI is InChI=1S/C19H23N3O2/c1-19(9-11-21(2)13-19)18(23)22-10-8-16-15(12-22)20-17(24-16)14-6-4-3-5-7-14/h3-7H,8-13H2,1-2H3. The lowest BCUT2D eigenvalue weighted by Crippen LogP contribution is -2.45. The zero-order valence-electron chi connectivity index (χ0n) is 14.3. The lowest BCUT2D eigenvalue weighted by molar-refractivity contribution is -0.141. The van der Waals surface area contributed by atoms with Crippen molar-refractivity contribution in [1.29, 1.82) is 0 Å². The summed E-state index contributed by atoms with van der Waals surface area (Å²) in [5.74, 6) is 1.83. The van der Waals surface area contributed by atoms with Crippen LogP contribution in [0, 0.1) is 5.41 Å². The number of likely N-dealkylation sites (tertiary alicyclic amines) is 1. The minimum Gasteiger partial charge on any atom is -0.441 e. The number of fused-ring (bicyclic) bond motifs is 1. The monoisotopic (exact) mass is 325 g/mol. The van der Waals surface area contributed by atoms with Crippen molar-refractivity contribution < 1.29 is 9.21 Å². The summed E-state index contributed by atoms with van der Waals surface area (Å²) < 4.78 is 5.93. The van der Waals surface area contributed by atoms with Crippen molar-refractivity contribution in [1.82, 2.24) is 14.8 Å². The third kappa shape index (κ3) is 2.63. The summed E-state index contributed by atoms with van der Waals surface area (Å²) in [6.07, 6.45) is 1.67. The molecule has 24 heavy (non-hydrogen) atoms. The number of rotatable bonds is 2. The molecule has 4 rings (SSSR count). The van der Waals surface area contributed by atoms with E-state index in [2.05, 4.69) is 23.9 Å². The minimum absolute atomic E-state index is 0.252. The molecule has 126 valence electrons. The van der Waals surface area contributed by atoms with Crippen molar-refractivity contribution in [3.8, 4) is 11.5 Å². The van der Waals surface area contributed by atoms with Gasteiger partial charge in [0.05, 0.1) is 12.0 Å². The Hall–Kier alpha value is -2.14. The van der Waals surface area contributed by atoms with Gasteiger partial charge in [0.1, 0.15) is 11.5 Å². The van der Waals surface area contributed by atoms with Gasteiger partial charge in [-0.05, 0) is 39.1 Å². The van der Waals surface area contributed by atoms with Crippen LogP contribution in [0.5, 0.6) is 0 Å². The van der Waals surface area contributed by atoms with E-state index in [1.54, 1.807) is 0 Å². The summed E-state index contributed by atoms with van der Waals surface area (Å²) in [5, 5.41) is 0. The van der Waals surface area contributed by atoms with Crippen LogP contribution in [0.3, 0.4) is 0 Å². The van der Waals surface area contributed by atoms with Crippen LogP contribution < -0.4 is 0 Å². The first-order valence-electron chi connectivity index (χ1n) is 8.57. The van der Waals surface area contributed by atoms with Gasteiger partial charge in [0.2, 0.25) is 11.8 Å². The fourth-order valence-electron chi connectivity index (χ4n) is 3.82. The van der Waals surface area contributed by atoms with Crippen LogP contribution in [0.2, 0.25) is 0 Å². The van der Waals surface area contributed by atoms with E-state index in [-0.39, 0.29) is 11.3 Å². The van der Waals surface area contributed by atoms with Gasteiger partial charge in [-0.3, -0.25) is 4.79 Å². The van der Waals surface area contributed by atoms with E-state index in [9.17, 15) is 4.79 Å². The Morgan fingerprint density at radius 3 is 2.75 bits per heavy atom. The molecule has 0 aliphatic carbocycles. The van der Waals surface area contributed by atoms with E-state index >= 15 is 0 Å². The number of aromatic nitrogens is 1. The SMILES string of the molecule is CN1CCC(C)(C(=O)N2CCc3oc(-c4ccccc4)nc3C2)C1. The first-order chi connectivity index (χ1) is 11.5. The van der Waals surface area contributed by atoms with Gasteiger partial charge in [-0.15, -0.1) is 0 Å². The first-order valence-corrected chi connectivity index (χ1v) is 8.57. The molecular formula is C19H23N3O2. The first kappa shape index (κ1) is 15.4. The molecule has 1 aromatic carbocycles. The Labute approximate surface area is 142 Å². The highest BCUT2D eigenvalue weighted by atomic mass is 16.4. The van der Waals surface area contributed by atoms with E-state index in [1.165, 1.54) is 0 Å². The molecule has 2 aliphatic rings. The maximum Gasteiger partial charge on any atom is 0.230 e. The third-order valence-electron chi connectivity index (χ3n) is 5.22. The van der Waals surface area contributed by atoms with Crippen molar-refractivity contribution in [3.05, 3.63) is 41.8 Å². The van der Waals surface area contributed by atoms with Gasteiger partial charge in [0, 0.05) is 25.1 Å². The number of hydrogen-bond acceptors (Lipinski definition) is 4. The van der Waals surface area contributed by atoms with Gasteiger partial charge < -0.3 is 14.2 Å². The predicted molar refractivity (Wildman–Crippen MR) is 91.3 cm³/mol. The molecule has 1 aromatic heterocycles. The highest BCUT2D eigenvalue weighted by Gasteiger charge is 2.42. The number of benzene rings is 1. The molecule has 0 bridgehead atoms. The molecule has 5 heteroatoms. The molecule has 1 unspecified atom stereocenters. The Morgan fingerprint density at radius 2 is 2.04 bits per heavy atom. The second-order valence-electron chi connectivity index (χ2n) is 7.28. The molecule has 0 radical (unpaired) electrons. The molecule has 2 aromatic rings. The minimum atomic E-state index is -0.266. The molecule has 5 nitrogen and oxygen atoms in total. The fourth-order valence-corrected chi connectivity index (χ4v) is 3.82. The highest BCUT2D eigenvalue weighted by Crippen LogP contribution is 2.33. The molecule has 1 amide bonds. The molecule has 3 heterocycles. The topological polar surface area (TPSA) is 49.6 Å². The average molecular weight is 325 g/mol. The zero-order valence-corrected chi connectivity index (χ0v) is 14.3. The van der Waals surface area contributed by atoms with Crippen LogP contribution in [-0.2, 0) is 17.8 Å². The molecular weight excluding hydrogens is 302 g/mol. The molecule has 0 N–H and O–H groups in total. The summed E-state index contributed by atoms with van der Waals surface area (Å²) in [4.78, 5) is 21.8. The average Bonchev–Trinajstić information content (AvgIpc) is 3.18. The van der Waals surface area contributed by atoms with Crippen molar-refractivity contribution in [2.45, 2.75) is 26.3 Å². The van der Waals surface area contributed by atoms with Crippen LogP contribution >= 0.6 is 0 Å². The van der Waals surface area contributed by atoms with Gasteiger partial charge in [-0.2, -0.15) is 0 Å². The van der Waals surface area contributed by atoms with Crippen LogP contribution in [0.25, 0.3) is 11.5 Å². The smallest absolute Gasteiger partial charge is 0.230 e. The molecule has 0 spiro atoms. The second kappa shape index (κ2) is 5.74. The number of carbonyl (C=O) groups is 1. The maximum atomic E-state index is 13.0. The summed E-state index contributed by atoms with van der Waals surface area (Å²) in [6.45, 7) is 5.19. The summed E-state index contributed by atoms with van der Waals surface area (Å²) in [6, 6.07) is 9.93. The second-order valence-corrected chi connectivity index (χ2v) is 7.28. The molecule has 2 aliphatic heterocycles. The summed E-state index contributed by atoms with van der Waals surface area (Å²) >= 11 is 0. The van der Waals surface area contributed by atoms with Crippen LogP contribution in [0.4, 0.5) is 0 Å². The van der Waals surface area contributed by atoms with Crippen LogP contribution in [0.1, 0.15) is 24.8 Å². The van der Waals surface area contributed by atoms with E-state index in [1.807, 2.05) is 35.2 Å². The van der Waals surface area contributed by atoms with Crippen molar-refractivity contribution in [3.63, 3.8) is 0 Å².